The monoisotopic (exact) mass is 278 g/mol. The van der Waals surface area contributed by atoms with Gasteiger partial charge in [-0.05, 0) is 52.6 Å². The number of hydrogen-bond acceptors (Lipinski definition) is 3. The first kappa shape index (κ1) is 15.6. The van der Waals surface area contributed by atoms with Crippen molar-refractivity contribution in [2.45, 2.75) is 78.0 Å². The summed E-state index contributed by atoms with van der Waals surface area (Å²) in [6.45, 7) is 11.9. The maximum atomic E-state index is 5.74. The van der Waals surface area contributed by atoms with Gasteiger partial charge in [-0.25, -0.2) is 0 Å². The zero-order chi connectivity index (χ0) is 14.6. The minimum atomic E-state index is 0.150. The van der Waals surface area contributed by atoms with Crippen LogP contribution >= 0.6 is 0 Å². The fraction of sp³-hybridized carbons (Fsp3) is 0.765. The van der Waals surface area contributed by atoms with Gasteiger partial charge in [-0.15, -0.1) is 0 Å². The van der Waals surface area contributed by atoms with Crippen molar-refractivity contribution in [2.24, 2.45) is 0 Å². The quantitative estimate of drug-likeness (QED) is 0.884. The molecular weight excluding hydrogens is 248 g/mol. The normalized spacial score (nSPS) is 21.3. The van der Waals surface area contributed by atoms with E-state index in [0.29, 0.717) is 0 Å². The van der Waals surface area contributed by atoms with Crippen LogP contribution in [0.1, 0.15) is 64.7 Å². The summed E-state index contributed by atoms with van der Waals surface area (Å²) in [4.78, 5) is 2.59. The largest absolute Gasteiger partial charge is 0.468 e. The molecule has 1 aromatic rings. The summed E-state index contributed by atoms with van der Waals surface area (Å²) >= 11 is 0. The lowest BCUT2D eigenvalue weighted by molar-refractivity contribution is 0.126. The van der Waals surface area contributed by atoms with Gasteiger partial charge >= 0.3 is 0 Å². The van der Waals surface area contributed by atoms with Crippen LogP contribution < -0.4 is 5.32 Å². The van der Waals surface area contributed by atoms with Crippen molar-refractivity contribution >= 4 is 0 Å². The van der Waals surface area contributed by atoms with Crippen LogP contribution in [0.3, 0.4) is 0 Å². The van der Waals surface area contributed by atoms with E-state index in [4.69, 9.17) is 4.42 Å². The first-order chi connectivity index (χ1) is 9.48. The number of rotatable bonds is 5. The second-order valence-corrected chi connectivity index (χ2v) is 7.05. The van der Waals surface area contributed by atoms with E-state index < -0.39 is 0 Å². The Morgan fingerprint density at radius 1 is 1.35 bits per heavy atom. The molecule has 0 radical (unpaired) electrons. The first-order valence-corrected chi connectivity index (χ1v) is 8.03. The molecule has 0 saturated carbocycles. The van der Waals surface area contributed by atoms with Crippen LogP contribution in [-0.2, 0) is 13.1 Å². The molecule has 1 atom stereocenters. The smallest absolute Gasteiger partial charge is 0.118 e. The van der Waals surface area contributed by atoms with E-state index in [0.717, 1.165) is 24.9 Å². The standard InChI is InChI=1S/C17H30N2O/c1-5-15-8-6-7-9-19(15)12-16-10-14(13-20-16)11-18-17(2,3)4/h10,13,15,18H,5-9,11-12H2,1-4H3. The highest BCUT2D eigenvalue weighted by Crippen LogP contribution is 2.22. The molecule has 0 aliphatic carbocycles. The number of likely N-dealkylation sites (tertiary alicyclic amines) is 1. The van der Waals surface area contributed by atoms with E-state index in [2.05, 4.69) is 44.0 Å². The van der Waals surface area contributed by atoms with E-state index in [-0.39, 0.29) is 5.54 Å². The summed E-state index contributed by atoms with van der Waals surface area (Å²) in [7, 11) is 0. The summed E-state index contributed by atoms with van der Waals surface area (Å²) < 4.78 is 5.74. The van der Waals surface area contributed by atoms with Gasteiger partial charge in [0.1, 0.15) is 5.76 Å². The van der Waals surface area contributed by atoms with Crippen LogP contribution in [0.2, 0.25) is 0 Å². The highest BCUT2D eigenvalue weighted by atomic mass is 16.3. The van der Waals surface area contributed by atoms with E-state index >= 15 is 0 Å². The second kappa shape index (κ2) is 6.77. The minimum absolute atomic E-state index is 0.150. The average molecular weight is 278 g/mol. The third-order valence-electron chi connectivity index (χ3n) is 4.11. The topological polar surface area (TPSA) is 28.4 Å². The Bertz CT molecular complexity index is 405. The predicted octanol–water partition coefficient (Wildman–Crippen LogP) is 3.93. The molecule has 1 aromatic heterocycles. The fourth-order valence-corrected chi connectivity index (χ4v) is 2.90. The molecular formula is C17H30N2O. The van der Waals surface area contributed by atoms with Gasteiger partial charge in [0.2, 0.25) is 0 Å². The Hall–Kier alpha value is -0.800. The van der Waals surface area contributed by atoms with Crippen LogP contribution in [-0.4, -0.2) is 23.0 Å². The Kier molecular flexibility index (Phi) is 5.28. The van der Waals surface area contributed by atoms with Gasteiger partial charge in [-0.2, -0.15) is 0 Å². The van der Waals surface area contributed by atoms with Crippen molar-refractivity contribution < 1.29 is 4.42 Å². The van der Waals surface area contributed by atoms with Gasteiger partial charge in [-0.1, -0.05) is 13.3 Å². The van der Waals surface area contributed by atoms with E-state index in [1.54, 1.807) is 0 Å². The van der Waals surface area contributed by atoms with Gasteiger partial charge in [0.05, 0.1) is 12.8 Å². The number of piperidine rings is 1. The summed E-state index contributed by atoms with van der Waals surface area (Å²) in [5.74, 6) is 1.11. The lowest BCUT2D eigenvalue weighted by atomic mass is 10.00. The van der Waals surface area contributed by atoms with Crippen LogP contribution in [0.5, 0.6) is 0 Å². The fourth-order valence-electron chi connectivity index (χ4n) is 2.90. The van der Waals surface area contributed by atoms with Crippen molar-refractivity contribution in [3.63, 3.8) is 0 Å². The molecule has 1 aliphatic heterocycles. The van der Waals surface area contributed by atoms with Gasteiger partial charge in [-0.3, -0.25) is 4.90 Å². The molecule has 20 heavy (non-hydrogen) atoms. The molecule has 0 aromatic carbocycles. The Morgan fingerprint density at radius 3 is 2.85 bits per heavy atom. The Morgan fingerprint density at radius 2 is 2.15 bits per heavy atom. The molecule has 1 N–H and O–H groups in total. The van der Waals surface area contributed by atoms with Gasteiger partial charge in [0.25, 0.3) is 0 Å². The SMILES string of the molecule is CCC1CCCCN1Cc1cc(CNC(C)(C)C)co1. The van der Waals surface area contributed by atoms with Gasteiger partial charge in [0, 0.05) is 23.7 Å². The molecule has 0 bridgehead atoms. The molecule has 0 amide bonds. The van der Waals surface area contributed by atoms with Crippen molar-refractivity contribution in [2.75, 3.05) is 6.54 Å². The highest BCUT2D eigenvalue weighted by molar-refractivity contribution is 5.13. The third-order valence-corrected chi connectivity index (χ3v) is 4.11. The second-order valence-electron chi connectivity index (χ2n) is 7.05. The van der Waals surface area contributed by atoms with Crippen molar-refractivity contribution in [3.05, 3.63) is 23.7 Å². The average Bonchev–Trinajstić information content (AvgIpc) is 2.84. The van der Waals surface area contributed by atoms with Crippen molar-refractivity contribution in [1.82, 2.24) is 10.2 Å². The summed E-state index contributed by atoms with van der Waals surface area (Å²) in [5.41, 5.74) is 1.40. The molecule has 1 fully saturated rings. The molecule has 1 saturated heterocycles. The molecule has 114 valence electrons. The molecule has 3 nitrogen and oxygen atoms in total. The Labute approximate surface area is 123 Å². The highest BCUT2D eigenvalue weighted by Gasteiger charge is 2.21. The van der Waals surface area contributed by atoms with E-state index in [1.165, 1.54) is 37.8 Å². The number of nitrogens with one attached hydrogen (secondary N) is 1. The van der Waals surface area contributed by atoms with Gasteiger partial charge in [0.15, 0.2) is 0 Å². The van der Waals surface area contributed by atoms with Crippen LogP contribution in [0.25, 0.3) is 0 Å². The lowest BCUT2D eigenvalue weighted by Gasteiger charge is -2.34. The van der Waals surface area contributed by atoms with Crippen molar-refractivity contribution in [3.8, 4) is 0 Å². The summed E-state index contributed by atoms with van der Waals surface area (Å²) in [5, 5.41) is 3.50. The molecule has 0 spiro atoms. The zero-order valence-electron chi connectivity index (χ0n) is 13.5. The number of furan rings is 1. The van der Waals surface area contributed by atoms with Gasteiger partial charge < -0.3 is 9.73 Å². The summed E-state index contributed by atoms with van der Waals surface area (Å²) in [6, 6.07) is 2.95. The van der Waals surface area contributed by atoms with E-state index in [1.807, 2.05) is 6.26 Å². The zero-order valence-corrected chi connectivity index (χ0v) is 13.5. The maximum absolute atomic E-state index is 5.74. The van der Waals surface area contributed by atoms with Crippen LogP contribution in [0, 0.1) is 0 Å². The molecule has 2 rings (SSSR count). The molecule has 3 heteroatoms. The predicted molar refractivity (Wildman–Crippen MR) is 83.6 cm³/mol. The molecule has 1 aliphatic rings. The molecule has 1 unspecified atom stereocenters. The maximum Gasteiger partial charge on any atom is 0.118 e. The number of hydrogen-bond donors (Lipinski definition) is 1. The summed E-state index contributed by atoms with van der Waals surface area (Å²) in [6.07, 6.45) is 7.21. The first-order valence-electron chi connectivity index (χ1n) is 8.03. The van der Waals surface area contributed by atoms with Crippen LogP contribution in [0.4, 0.5) is 0 Å². The molecule has 2 heterocycles. The third kappa shape index (κ3) is 4.64. The number of nitrogens with zero attached hydrogens (tertiary/aromatic N) is 1. The minimum Gasteiger partial charge on any atom is -0.468 e. The lowest BCUT2D eigenvalue weighted by Crippen LogP contribution is -2.38. The van der Waals surface area contributed by atoms with E-state index in [9.17, 15) is 0 Å². The van der Waals surface area contributed by atoms with Crippen molar-refractivity contribution in [1.29, 1.82) is 0 Å². The van der Waals surface area contributed by atoms with Crippen LogP contribution in [0.15, 0.2) is 16.7 Å². The Balaban J connectivity index is 1.88.